The van der Waals surface area contributed by atoms with Crippen molar-refractivity contribution in [2.45, 2.75) is 12.3 Å². The van der Waals surface area contributed by atoms with Gasteiger partial charge in [0, 0.05) is 24.6 Å². The maximum Gasteiger partial charge on any atom is 0.254 e. The van der Waals surface area contributed by atoms with Crippen molar-refractivity contribution in [1.29, 1.82) is 0 Å². The molecule has 2 aromatic rings. The van der Waals surface area contributed by atoms with Gasteiger partial charge < -0.3 is 18.9 Å². The lowest BCUT2D eigenvalue weighted by Gasteiger charge is -2.16. The monoisotopic (exact) mass is 287 g/mol. The number of hydrogen-bond donors (Lipinski definition) is 0. The summed E-state index contributed by atoms with van der Waals surface area (Å²) in [5.74, 6) is 2.09. The number of benzene rings is 1. The molecule has 1 saturated heterocycles. The van der Waals surface area contributed by atoms with Crippen LogP contribution in [0.5, 0.6) is 11.5 Å². The van der Waals surface area contributed by atoms with E-state index in [-0.39, 0.29) is 18.6 Å². The minimum absolute atomic E-state index is 0.0145. The van der Waals surface area contributed by atoms with Crippen molar-refractivity contribution < 1.29 is 18.8 Å². The molecule has 1 aromatic carbocycles. The molecular formula is C14H13N3O4. The van der Waals surface area contributed by atoms with Gasteiger partial charge in [-0.2, -0.15) is 4.98 Å². The zero-order valence-corrected chi connectivity index (χ0v) is 11.2. The van der Waals surface area contributed by atoms with E-state index in [4.69, 9.17) is 14.0 Å². The first-order chi connectivity index (χ1) is 10.3. The van der Waals surface area contributed by atoms with Crippen LogP contribution in [-0.2, 0) is 0 Å². The number of fused-ring (bicyclic) bond motifs is 1. The summed E-state index contributed by atoms with van der Waals surface area (Å²) in [7, 11) is 0. The summed E-state index contributed by atoms with van der Waals surface area (Å²) >= 11 is 0. The van der Waals surface area contributed by atoms with Crippen LogP contribution in [0.25, 0.3) is 0 Å². The van der Waals surface area contributed by atoms with E-state index in [1.807, 2.05) is 0 Å². The number of rotatable bonds is 2. The van der Waals surface area contributed by atoms with Crippen LogP contribution < -0.4 is 9.47 Å². The van der Waals surface area contributed by atoms with Crippen molar-refractivity contribution in [3.63, 3.8) is 0 Å². The average molecular weight is 287 g/mol. The lowest BCUT2D eigenvalue weighted by atomic mass is 10.1. The highest BCUT2D eigenvalue weighted by atomic mass is 16.7. The molecule has 7 heteroatoms. The molecule has 0 spiro atoms. The van der Waals surface area contributed by atoms with Gasteiger partial charge in [-0.25, -0.2) is 0 Å². The molecule has 0 saturated carbocycles. The molecule has 3 heterocycles. The molecule has 7 nitrogen and oxygen atoms in total. The quantitative estimate of drug-likeness (QED) is 0.831. The summed E-state index contributed by atoms with van der Waals surface area (Å²) in [4.78, 5) is 18.4. The maximum atomic E-state index is 12.5. The van der Waals surface area contributed by atoms with Gasteiger partial charge in [0.15, 0.2) is 17.3 Å². The molecule has 108 valence electrons. The van der Waals surface area contributed by atoms with Crippen LogP contribution in [0.3, 0.4) is 0 Å². The molecule has 0 unspecified atom stereocenters. The molecule has 0 N–H and O–H groups in total. The van der Waals surface area contributed by atoms with Gasteiger partial charge in [0.25, 0.3) is 5.91 Å². The molecule has 4 rings (SSSR count). The predicted octanol–water partition coefficient (Wildman–Crippen LogP) is 1.43. The second-order valence-electron chi connectivity index (χ2n) is 5.09. The highest BCUT2D eigenvalue weighted by Gasteiger charge is 2.31. The van der Waals surface area contributed by atoms with Crippen LogP contribution in [0.2, 0.25) is 0 Å². The number of carbonyl (C=O) groups excluding carboxylic acids is 1. The Bertz CT molecular complexity index is 671. The van der Waals surface area contributed by atoms with E-state index in [1.54, 1.807) is 23.1 Å². The highest BCUT2D eigenvalue weighted by molar-refractivity contribution is 5.95. The van der Waals surface area contributed by atoms with Crippen LogP contribution in [0.15, 0.2) is 29.1 Å². The van der Waals surface area contributed by atoms with Crippen molar-refractivity contribution in [2.24, 2.45) is 0 Å². The van der Waals surface area contributed by atoms with Crippen molar-refractivity contribution in [1.82, 2.24) is 15.0 Å². The first kappa shape index (κ1) is 12.2. The van der Waals surface area contributed by atoms with Gasteiger partial charge >= 0.3 is 0 Å². The normalized spacial score (nSPS) is 20.0. The molecule has 21 heavy (non-hydrogen) atoms. The standard InChI is InChI=1S/C14H13N3O4/c18-14(9-1-2-11-12(5-9)20-8-19-11)17-4-3-10(6-17)13-15-7-21-16-13/h1-2,5,7,10H,3-4,6,8H2/t10-/m1/s1. The van der Waals surface area contributed by atoms with Crippen molar-refractivity contribution in [2.75, 3.05) is 19.9 Å². The van der Waals surface area contributed by atoms with Crippen molar-refractivity contribution in [3.8, 4) is 11.5 Å². The summed E-state index contributed by atoms with van der Waals surface area (Å²) < 4.78 is 15.3. The smallest absolute Gasteiger partial charge is 0.254 e. The molecule has 0 radical (unpaired) electrons. The third-order valence-electron chi connectivity index (χ3n) is 3.84. The fraction of sp³-hybridized carbons (Fsp3) is 0.357. The van der Waals surface area contributed by atoms with Crippen LogP contribution in [0.1, 0.15) is 28.5 Å². The van der Waals surface area contributed by atoms with Gasteiger partial charge in [-0.1, -0.05) is 5.16 Å². The summed E-state index contributed by atoms with van der Waals surface area (Å²) in [6, 6.07) is 5.26. The number of likely N-dealkylation sites (tertiary alicyclic amines) is 1. The molecule has 2 aliphatic heterocycles. The van der Waals surface area contributed by atoms with Gasteiger partial charge in [0.05, 0.1) is 0 Å². The second kappa shape index (κ2) is 4.76. The summed E-state index contributed by atoms with van der Waals surface area (Å²) in [6.45, 7) is 1.50. The Balaban J connectivity index is 1.51. The van der Waals surface area contributed by atoms with E-state index in [9.17, 15) is 4.79 Å². The number of amides is 1. The lowest BCUT2D eigenvalue weighted by molar-refractivity contribution is 0.0790. The number of nitrogens with zero attached hydrogens (tertiary/aromatic N) is 3. The number of ether oxygens (including phenoxy) is 2. The molecule has 0 bridgehead atoms. The van der Waals surface area contributed by atoms with E-state index in [0.717, 1.165) is 6.42 Å². The predicted molar refractivity (Wildman–Crippen MR) is 70.1 cm³/mol. The van der Waals surface area contributed by atoms with Gasteiger partial charge in [-0.15, -0.1) is 0 Å². The topological polar surface area (TPSA) is 77.7 Å². The average Bonchev–Trinajstić information content (AvgIpc) is 3.24. The highest BCUT2D eigenvalue weighted by Crippen LogP contribution is 2.33. The van der Waals surface area contributed by atoms with E-state index in [0.29, 0.717) is 36.0 Å². The van der Waals surface area contributed by atoms with Crippen LogP contribution in [0, 0.1) is 0 Å². The minimum atomic E-state index is -0.0145. The number of hydrogen-bond acceptors (Lipinski definition) is 6. The Kier molecular flexibility index (Phi) is 2.77. The van der Waals surface area contributed by atoms with E-state index >= 15 is 0 Å². The maximum absolute atomic E-state index is 12.5. The first-order valence-electron chi connectivity index (χ1n) is 6.76. The van der Waals surface area contributed by atoms with Gasteiger partial charge in [-0.3, -0.25) is 4.79 Å². The van der Waals surface area contributed by atoms with Crippen LogP contribution >= 0.6 is 0 Å². The Morgan fingerprint density at radius 1 is 1.29 bits per heavy atom. The van der Waals surface area contributed by atoms with Crippen LogP contribution in [0.4, 0.5) is 0 Å². The molecule has 2 aliphatic rings. The Morgan fingerprint density at radius 3 is 3.05 bits per heavy atom. The van der Waals surface area contributed by atoms with Crippen molar-refractivity contribution >= 4 is 5.91 Å². The summed E-state index contributed by atoms with van der Waals surface area (Å²) in [6.07, 6.45) is 2.16. The molecule has 0 aliphatic carbocycles. The van der Waals surface area contributed by atoms with Gasteiger partial charge in [-0.05, 0) is 24.6 Å². The molecule has 1 amide bonds. The summed E-state index contributed by atoms with van der Waals surface area (Å²) in [5, 5.41) is 3.85. The zero-order valence-electron chi connectivity index (χ0n) is 11.2. The molecule has 1 atom stereocenters. The minimum Gasteiger partial charge on any atom is -0.454 e. The SMILES string of the molecule is O=C(c1ccc2c(c1)OCO2)N1CC[C@@H](c2ncon2)C1. The number of carbonyl (C=O) groups is 1. The lowest BCUT2D eigenvalue weighted by Crippen LogP contribution is -2.28. The third kappa shape index (κ3) is 2.10. The van der Waals surface area contributed by atoms with Crippen LogP contribution in [-0.4, -0.2) is 40.8 Å². The fourth-order valence-electron chi connectivity index (χ4n) is 2.73. The summed E-state index contributed by atoms with van der Waals surface area (Å²) in [5.41, 5.74) is 0.605. The largest absolute Gasteiger partial charge is 0.454 e. The fourth-order valence-corrected chi connectivity index (χ4v) is 2.73. The van der Waals surface area contributed by atoms with E-state index < -0.39 is 0 Å². The Labute approximate surface area is 120 Å². The molecule has 1 aromatic heterocycles. The Morgan fingerprint density at radius 2 is 2.19 bits per heavy atom. The first-order valence-corrected chi connectivity index (χ1v) is 6.76. The van der Waals surface area contributed by atoms with E-state index in [1.165, 1.54) is 6.39 Å². The number of aromatic nitrogens is 2. The van der Waals surface area contributed by atoms with Crippen molar-refractivity contribution in [3.05, 3.63) is 36.0 Å². The molecule has 1 fully saturated rings. The van der Waals surface area contributed by atoms with E-state index in [2.05, 4.69) is 10.1 Å². The Hall–Kier alpha value is -2.57. The molecular weight excluding hydrogens is 274 g/mol. The van der Waals surface area contributed by atoms with Gasteiger partial charge in [0.1, 0.15) is 0 Å². The third-order valence-corrected chi connectivity index (χ3v) is 3.84. The zero-order chi connectivity index (χ0) is 14.2. The van der Waals surface area contributed by atoms with Gasteiger partial charge in [0.2, 0.25) is 13.2 Å². The second-order valence-corrected chi connectivity index (χ2v) is 5.09.